The van der Waals surface area contributed by atoms with Crippen molar-refractivity contribution in [2.24, 2.45) is 14.1 Å². The van der Waals surface area contributed by atoms with Crippen molar-refractivity contribution in [3.8, 4) is 40.0 Å². The van der Waals surface area contributed by atoms with Crippen molar-refractivity contribution in [1.29, 1.82) is 0 Å². The Morgan fingerprint density at radius 3 is 2.88 bits per heavy atom. The fourth-order valence-corrected chi connectivity index (χ4v) is 3.74. The lowest BCUT2D eigenvalue weighted by molar-refractivity contribution is 0.173. The third-order valence-electron chi connectivity index (χ3n) is 5.36. The molecule has 0 saturated carbocycles. The van der Waals surface area contributed by atoms with Gasteiger partial charge in [-0.05, 0) is 19.9 Å². The Bertz CT molecular complexity index is 1320. The third kappa shape index (κ3) is 4.24. The molecule has 1 atom stereocenters. The lowest BCUT2D eigenvalue weighted by atomic mass is 10.1. The maximum atomic E-state index is 6.37. The summed E-state index contributed by atoms with van der Waals surface area (Å²) in [5, 5.41) is 12.0. The van der Waals surface area contributed by atoms with E-state index in [2.05, 4.69) is 30.5 Å². The molecule has 1 aliphatic heterocycles. The molecule has 0 unspecified atom stereocenters. The highest BCUT2D eigenvalue weighted by atomic mass is 16.5. The zero-order chi connectivity index (χ0) is 23.7. The molecule has 1 aliphatic rings. The van der Waals surface area contributed by atoms with Gasteiger partial charge in [-0.1, -0.05) is 0 Å². The van der Waals surface area contributed by atoms with Crippen molar-refractivity contribution in [2.75, 3.05) is 18.5 Å². The van der Waals surface area contributed by atoms with Gasteiger partial charge in [-0.15, -0.1) is 5.10 Å². The van der Waals surface area contributed by atoms with Crippen LogP contribution in [-0.2, 0) is 14.1 Å². The molecule has 11 nitrogen and oxygen atoms in total. The molecule has 5 heterocycles. The predicted molar refractivity (Wildman–Crippen MR) is 125 cm³/mol. The number of nitrogens with zero attached hydrogens (tertiary/aromatic N) is 7. The van der Waals surface area contributed by atoms with Crippen LogP contribution in [0.2, 0.25) is 0 Å². The summed E-state index contributed by atoms with van der Waals surface area (Å²) < 4.78 is 21.6. The van der Waals surface area contributed by atoms with Crippen LogP contribution in [-0.4, -0.2) is 53.8 Å². The molecular weight excluding hydrogens is 436 g/mol. The minimum absolute atomic E-state index is 0.130. The van der Waals surface area contributed by atoms with Crippen LogP contribution in [0.1, 0.15) is 20.3 Å². The van der Waals surface area contributed by atoms with Gasteiger partial charge in [0, 0.05) is 50.7 Å². The highest BCUT2D eigenvalue weighted by Gasteiger charge is 2.21. The summed E-state index contributed by atoms with van der Waals surface area (Å²) in [4.78, 5) is 13.7. The van der Waals surface area contributed by atoms with Gasteiger partial charge >= 0.3 is 0 Å². The van der Waals surface area contributed by atoms with E-state index in [-0.39, 0.29) is 6.10 Å². The quantitative estimate of drug-likeness (QED) is 0.489. The van der Waals surface area contributed by atoms with Crippen LogP contribution in [0.15, 0.2) is 36.9 Å². The number of ether oxygens (including phenoxy) is 3. The molecule has 0 aromatic carbocycles. The summed E-state index contributed by atoms with van der Waals surface area (Å²) in [7, 11) is 3.68. The van der Waals surface area contributed by atoms with Gasteiger partial charge < -0.3 is 19.5 Å². The normalized spacial score (nSPS) is 15.4. The Kier molecular flexibility index (Phi) is 5.74. The molecule has 0 aliphatic carbocycles. The highest BCUT2D eigenvalue weighted by molar-refractivity contribution is 5.75. The molecule has 34 heavy (non-hydrogen) atoms. The average Bonchev–Trinajstić information content (AvgIpc) is 3.36. The van der Waals surface area contributed by atoms with E-state index in [0.29, 0.717) is 54.6 Å². The first-order valence-corrected chi connectivity index (χ1v) is 11.1. The van der Waals surface area contributed by atoms with E-state index in [1.165, 1.54) is 0 Å². The van der Waals surface area contributed by atoms with Crippen LogP contribution in [0, 0.1) is 0 Å². The number of nitrogens with one attached hydrogen (secondary N) is 1. The number of anilines is 2. The molecule has 0 radical (unpaired) electrons. The second-order valence-corrected chi connectivity index (χ2v) is 7.96. The fourth-order valence-electron chi connectivity index (χ4n) is 3.74. The Balaban J connectivity index is 1.58. The Morgan fingerprint density at radius 2 is 2.03 bits per heavy atom. The van der Waals surface area contributed by atoms with Crippen LogP contribution in [0.5, 0.6) is 17.5 Å². The summed E-state index contributed by atoms with van der Waals surface area (Å²) in [5.74, 6) is 3.50. The van der Waals surface area contributed by atoms with Crippen molar-refractivity contribution < 1.29 is 14.2 Å². The summed E-state index contributed by atoms with van der Waals surface area (Å²) in [6.45, 7) is 4.88. The third-order valence-corrected chi connectivity index (χ3v) is 5.36. The second-order valence-electron chi connectivity index (χ2n) is 7.96. The molecule has 1 N–H and O–H groups in total. The lowest BCUT2D eigenvalue weighted by Crippen LogP contribution is -2.17. The van der Waals surface area contributed by atoms with Crippen LogP contribution < -0.4 is 19.5 Å². The summed E-state index contributed by atoms with van der Waals surface area (Å²) in [5.41, 5.74) is 2.33. The van der Waals surface area contributed by atoms with Gasteiger partial charge in [0.25, 0.3) is 0 Å². The number of aryl methyl sites for hydroxylation is 2. The predicted octanol–water partition coefficient (Wildman–Crippen LogP) is 3.36. The maximum absolute atomic E-state index is 6.37. The number of rotatable bonds is 3. The number of pyridine rings is 1. The summed E-state index contributed by atoms with van der Waals surface area (Å²) in [6, 6.07) is 3.64. The Hall–Kier alpha value is -4.15. The highest BCUT2D eigenvalue weighted by Crippen LogP contribution is 2.38. The van der Waals surface area contributed by atoms with E-state index in [9.17, 15) is 0 Å². The number of hydrogen-bond acceptors (Lipinski definition) is 9. The zero-order valence-corrected chi connectivity index (χ0v) is 19.5. The molecule has 11 heteroatoms. The molecule has 0 spiro atoms. The number of aromatic nitrogens is 7. The van der Waals surface area contributed by atoms with Gasteiger partial charge in [0.1, 0.15) is 22.9 Å². The molecule has 4 bridgehead atoms. The van der Waals surface area contributed by atoms with E-state index in [4.69, 9.17) is 14.2 Å². The van der Waals surface area contributed by atoms with Crippen molar-refractivity contribution in [3.05, 3.63) is 36.9 Å². The lowest BCUT2D eigenvalue weighted by Gasteiger charge is -2.19. The van der Waals surface area contributed by atoms with E-state index >= 15 is 0 Å². The summed E-state index contributed by atoms with van der Waals surface area (Å²) in [6.07, 6.45) is 7.57. The minimum Gasteiger partial charge on any atom is -0.490 e. The first kappa shape index (κ1) is 21.7. The van der Waals surface area contributed by atoms with Crippen LogP contribution in [0.25, 0.3) is 22.5 Å². The van der Waals surface area contributed by atoms with Gasteiger partial charge in [-0.2, -0.15) is 5.10 Å². The monoisotopic (exact) mass is 462 g/mol. The average molecular weight is 463 g/mol. The van der Waals surface area contributed by atoms with Crippen molar-refractivity contribution in [2.45, 2.75) is 26.4 Å². The van der Waals surface area contributed by atoms with E-state index in [1.807, 2.05) is 40.2 Å². The second kappa shape index (κ2) is 9.00. The molecule has 0 fully saturated rings. The van der Waals surface area contributed by atoms with Crippen molar-refractivity contribution in [3.63, 3.8) is 0 Å². The molecule has 4 aromatic heterocycles. The molecule has 0 amide bonds. The first-order chi connectivity index (χ1) is 16.5. The smallest absolute Gasteiger partial charge is 0.240 e. The molecule has 0 saturated heterocycles. The zero-order valence-electron chi connectivity index (χ0n) is 19.5. The van der Waals surface area contributed by atoms with Gasteiger partial charge in [-0.3, -0.25) is 4.68 Å². The number of fused-ring (bicyclic) bond motifs is 6. The maximum Gasteiger partial charge on any atom is 0.240 e. The van der Waals surface area contributed by atoms with Crippen LogP contribution in [0.4, 0.5) is 11.6 Å². The molecule has 5 rings (SSSR count). The SMILES string of the molecule is CCOc1nn(C)cc1-c1cnc2cc1O[C@@H](C)CCOc1c(cnn1C)-c1nccc(n1)N2. The fraction of sp³-hybridized carbons (Fsp3) is 0.348. The van der Waals surface area contributed by atoms with Crippen molar-refractivity contribution >= 4 is 11.6 Å². The van der Waals surface area contributed by atoms with E-state index < -0.39 is 0 Å². The van der Waals surface area contributed by atoms with Gasteiger partial charge in [0.2, 0.25) is 11.8 Å². The topological polar surface area (TPSA) is 114 Å². The van der Waals surface area contributed by atoms with Gasteiger partial charge in [0.15, 0.2) is 5.82 Å². The van der Waals surface area contributed by atoms with Gasteiger partial charge in [-0.25, -0.2) is 19.6 Å². The molecule has 4 aromatic rings. The first-order valence-electron chi connectivity index (χ1n) is 11.1. The molecule has 176 valence electrons. The largest absolute Gasteiger partial charge is 0.490 e. The number of hydrogen-bond donors (Lipinski definition) is 1. The van der Waals surface area contributed by atoms with Crippen LogP contribution >= 0.6 is 0 Å². The van der Waals surface area contributed by atoms with Crippen molar-refractivity contribution in [1.82, 2.24) is 34.5 Å². The Morgan fingerprint density at radius 1 is 1.15 bits per heavy atom. The Labute approximate surface area is 196 Å². The molecular formula is C23H26N8O3. The van der Waals surface area contributed by atoms with E-state index in [0.717, 1.165) is 16.7 Å². The minimum atomic E-state index is -0.130. The van der Waals surface area contributed by atoms with Crippen LogP contribution in [0.3, 0.4) is 0 Å². The van der Waals surface area contributed by atoms with Gasteiger partial charge in [0.05, 0.1) is 31.1 Å². The summed E-state index contributed by atoms with van der Waals surface area (Å²) >= 11 is 0. The standard InChI is InChI=1S/C23H26N8O3/c1-5-32-22-17(13-30(3)29-22)15-11-25-20-10-18(15)34-14(2)7-9-33-23-16(12-26-31(23)4)21-24-8-6-19(27-20)28-21/h6,8,10-14H,5,7,9H2,1-4H3,(H,24,25,27,28)/t14-/m0/s1. The van der Waals surface area contributed by atoms with E-state index in [1.54, 1.807) is 34.0 Å².